The van der Waals surface area contributed by atoms with Crippen molar-refractivity contribution in [3.8, 4) is 12.1 Å². The van der Waals surface area contributed by atoms with Gasteiger partial charge in [-0.15, -0.1) is 0 Å². The zero-order valence-corrected chi connectivity index (χ0v) is 12.4. The maximum Gasteiger partial charge on any atom is 0.264 e. The van der Waals surface area contributed by atoms with Crippen LogP contribution in [0.25, 0.3) is 6.08 Å². The molecule has 1 heterocycles. The Balaban J connectivity index is 3.19. The molecular formula is C15H18N4O2. The number of nitrogens with zero attached hydrogens (tertiary/aromatic N) is 4. The van der Waals surface area contributed by atoms with Crippen LogP contribution >= 0.6 is 0 Å². The lowest BCUT2D eigenvalue weighted by Crippen LogP contribution is -2.34. The van der Waals surface area contributed by atoms with E-state index in [4.69, 9.17) is 10.4 Å². The van der Waals surface area contributed by atoms with Gasteiger partial charge in [-0.25, -0.2) is 0 Å². The Morgan fingerprint density at radius 1 is 1.52 bits per heavy atom. The lowest BCUT2D eigenvalue weighted by Gasteiger charge is -2.18. The second kappa shape index (κ2) is 7.28. The quantitative estimate of drug-likeness (QED) is 0.644. The smallest absolute Gasteiger partial charge is 0.264 e. The summed E-state index contributed by atoms with van der Waals surface area (Å²) in [6.45, 7) is 4.05. The summed E-state index contributed by atoms with van der Waals surface area (Å²) in [4.78, 5) is 13.6. The molecule has 1 aromatic heterocycles. The topological polar surface area (TPSA) is 93.1 Å². The second-order valence-electron chi connectivity index (χ2n) is 4.52. The fraction of sp³-hybridized carbons (Fsp3) is 0.400. The first-order valence-corrected chi connectivity index (χ1v) is 6.58. The van der Waals surface area contributed by atoms with Crippen LogP contribution in [0.5, 0.6) is 0 Å². The van der Waals surface area contributed by atoms with Crippen molar-refractivity contribution in [1.82, 2.24) is 9.47 Å². The molecule has 0 saturated heterocycles. The third-order valence-electron chi connectivity index (χ3n) is 3.38. The number of amides is 1. The minimum Gasteiger partial charge on any atom is -0.395 e. The zero-order chi connectivity index (χ0) is 16.0. The van der Waals surface area contributed by atoms with Crippen LogP contribution in [0, 0.1) is 29.6 Å². The molecule has 0 atom stereocenters. The highest BCUT2D eigenvalue weighted by molar-refractivity contribution is 6.01. The fourth-order valence-corrected chi connectivity index (χ4v) is 1.97. The van der Waals surface area contributed by atoms with Crippen LogP contribution in [0.15, 0.2) is 11.6 Å². The van der Waals surface area contributed by atoms with E-state index in [0.717, 1.165) is 5.69 Å². The second-order valence-corrected chi connectivity index (χ2v) is 4.52. The van der Waals surface area contributed by atoms with E-state index in [1.165, 1.54) is 11.0 Å². The summed E-state index contributed by atoms with van der Waals surface area (Å²) in [5.74, 6) is -0.421. The minimum atomic E-state index is -0.421. The molecule has 0 spiro atoms. The number of aromatic nitrogens is 1. The molecule has 0 aromatic carbocycles. The average molecular weight is 286 g/mol. The van der Waals surface area contributed by atoms with Gasteiger partial charge in [0.1, 0.15) is 23.4 Å². The number of hydrogen-bond donors (Lipinski definition) is 1. The van der Waals surface area contributed by atoms with Crippen molar-refractivity contribution in [2.24, 2.45) is 7.05 Å². The van der Waals surface area contributed by atoms with Crippen molar-refractivity contribution in [2.75, 3.05) is 19.7 Å². The molecule has 21 heavy (non-hydrogen) atoms. The molecule has 0 aliphatic rings. The first-order chi connectivity index (χ1) is 9.99. The molecule has 0 bridgehead atoms. The summed E-state index contributed by atoms with van der Waals surface area (Å²) in [7, 11) is 1.75. The predicted molar refractivity (Wildman–Crippen MR) is 77.8 cm³/mol. The van der Waals surface area contributed by atoms with Crippen LogP contribution in [0.1, 0.15) is 23.9 Å². The zero-order valence-electron chi connectivity index (χ0n) is 12.4. The van der Waals surface area contributed by atoms with E-state index in [1.54, 1.807) is 24.6 Å². The third kappa shape index (κ3) is 3.50. The number of nitriles is 2. The predicted octanol–water partition coefficient (Wildman–Crippen LogP) is 0.953. The van der Waals surface area contributed by atoms with Gasteiger partial charge >= 0.3 is 0 Å². The monoisotopic (exact) mass is 286 g/mol. The van der Waals surface area contributed by atoms with Crippen molar-refractivity contribution in [1.29, 1.82) is 10.5 Å². The third-order valence-corrected chi connectivity index (χ3v) is 3.38. The standard InChI is InChI=1S/C15H18N4O2/c1-4-19(5-6-20)15(21)13(9-16)7-12-8-14(10-17)18(3)11(12)2/h7-8,20H,4-6H2,1-3H3/b13-7+. The van der Waals surface area contributed by atoms with Gasteiger partial charge in [-0.2, -0.15) is 10.5 Å². The van der Waals surface area contributed by atoms with Gasteiger partial charge in [0, 0.05) is 25.8 Å². The number of rotatable bonds is 5. The van der Waals surface area contributed by atoms with Crippen molar-refractivity contribution < 1.29 is 9.90 Å². The maximum absolute atomic E-state index is 12.2. The van der Waals surface area contributed by atoms with E-state index in [-0.39, 0.29) is 18.7 Å². The van der Waals surface area contributed by atoms with Gasteiger partial charge < -0.3 is 14.6 Å². The van der Waals surface area contributed by atoms with Gasteiger partial charge in [-0.1, -0.05) is 0 Å². The number of hydrogen-bond acceptors (Lipinski definition) is 4. The minimum absolute atomic E-state index is 0.0107. The van der Waals surface area contributed by atoms with Gasteiger partial charge in [0.25, 0.3) is 5.91 Å². The van der Waals surface area contributed by atoms with Gasteiger partial charge in [0.05, 0.1) is 6.61 Å². The SMILES string of the molecule is CCN(CCO)C(=O)/C(C#N)=C/c1cc(C#N)n(C)c1C. The van der Waals surface area contributed by atoms with Crippen molar-refractivity contribution in [3.63, 3.8) is 0 Å². The highest BCUT2D eigenvalue weighted by atomic mass is 16.3. The lowest BCUT2D eigenvalue weighted by atomic mass is 10.1. The van der Waals surface area contributed by atoms with Crippen LogP contribution < -0.4 is 0 Å². The fourth-order valence-electron chi connectivity index (χ4n) is 1.97. The lowest BCUT2D eigenvalue weighted by molar-refractivity contribution is -0.126. The molecule has 0 unspecified atom stereocenters. The number of carbonyl (C=O) groups excluding carboxylic acids is 1. The van der Waals surface area contributed by atoms with Gasteiger partial charge in [-0.05, 0) is 31.6 Å². The molecule has 0 aliphatic heterocycles. The maximum atomic E-state index is 12.2. The molecule has 1 rings (SSSR count). The first-order valence-electron chi connectivity index (χ1n) is 6.58. The van der Waals surface area contributed by atoms with Crippen LogP contribution in [-0.2, 0) is 11.8 Å². The van der Waals surface area contributed by atoms with Crippen molar-refractivity contribution in [2.45, 2.75) is 13.8 Å². The molecule has 6 nitrogen and oxygen atoms in total. The first kappa shape index (κ1) is 16.5. The summed E-state index contributed by atoms with van der Waals surface area (Å²) in [6, 6.07) is 5.59. The van der Waals surface area contributed by atoms with E-state index in [9.17, 15) is 10.1 Å². The highest BCUT2D eigenvalue weighted by Crippen LogP contribution is 2.17. The molecule has 110 valence electrons. The van der Waals surface area contributed by atoms with E-state index in [1.807, 2.05) is 13.0 Å². The Morgan fingerprint density at radius 2 is 2.19 bits per heavy atom. The van der Waals surface area contributed by atoms with E-state index in [2.05, 4.69) is 6.07 Å². The van der Waals surface area contributed by atoms with Gasteiger partial charge in [0.15, 0.2) is 0 Å². The normalized spacial score (nSPS) is 10.9. The number of likely N-dealkylation sites (N-methyl/N-ethyl adjacent to an activating group) is 1. The van der Waals surface area contributed by atoms with Crippen LogP contribution in [0.4, 0.5) is 0 Å². The average Bonchev–Trinajstić information content (AvgIpc) is 2.77. The number of carbonyl (C=O) groups is 1. The molecule has 1 amide bonds. The summed E-state index contributed by atoms with van der Waals surface area (Å²) < 4.78 is 1.70. The molecule has 6 heteroatoms. The summed E-state index contributed by atoms with van der Waals surface area (Å²) in [5, 5.41) is 27.1. The summed E-state index contributed by atoms with van der Waals surface area (Å²) in [6.07, 6.45) is 1.48. The molecule has 0 radical (unpaired) electrons. The number of aliphatic hydroxyl groups is 1. The Kier molecular flexibility index (Phi) is 5.71. The van der Waals surface area contributed by atoms with E-state index in [0.29, 0.717) is 17.8 Å². The van der Waals surface area contributed by atoms with E-state index >= 15 is 0 Å². The summed E-state index contributed by atoms with van der Waals surface area (Å²) in [5.41, 5.74) is 1.92. The molecule has 0 aliphatic carbocycles. The molecule has 0 saturated carbocycles. The molecule has 1 aromatic rings. The molecule has 0 fully saturated rings. The van der Waals surface area contributed by atoms with Crippen LogP contribution in [0.3, 0.4) is 0 Å². The Bertz CT molecular complexity index is 644. The van der Waals surface area contributed by atoms with Crippen LogP contribution in [-0.4, -0.2) is 40.2 Å². The molecular weight excluding hydrogens is 268 g/mol. The van der Waals surface area contributed by atoms with Crippen molar-refractivity contribution in [3.05, 3.63) is 28.6 Å². The van der Waals surface area contributed by atoms with Gasteiger partial charge in [0.2, 0.25) is 0 Å². The van der Waals surface area contributed by atoms with Gasteiger partial charge in [-0.3, -0.25) is 4.79 Å². The Morgan fingerprint density at radius 3 is 2.62 bits per heavy atom. The van der Waals surface area contributed by atoms with Crippen molar-refractivity contribution >= 4 is 12.0 Å². The molecule has 1 N–H and O–H groups in total. The highest BCUT2D eigenvalue weighted by Gasteiger charge is 2.17. The number of aliphatic hydroxyl groups excluding tert-OH is 1. The summed E-state index contributed by atoms with van der Waals surface area (Å²) >= 11 is 0. The Hall–Kier alpha value is -2.57. The van der Waals surface area contributed by atoms with E-state index < -0.39 is 5.91 Å². The van der Waals surface area contributed by atoms with Crippen LogP contribution in [0.2, 0.25) is 0 Å². The largest absolute Gasteiger partial charge is 0.395 e. The Labute approximate surface area is 124 Å².